The second-order valence-corrected chi connectivity index (χ2v) is 12.8. The van der Waals surface area contributed by atoms with Crippen LogP contribution < -0.4 is 9.64 Å². The first-order valence-electron chi connectivity index (χ1n) is 15.6. The summed E-state index contributed by atoms with van der Waals surface area (Å²) in [6.45, 7) is 9.47. The van der Waals surface area contributed by atoms with Crippen LogP contribution in [0.1, 0.15) is 88.4 Å². The predicted octanol–water partition coefficient (Wildman–Crippen LogP) is 5.50. The van der Waals surface area contributed by atoms with E-state index < -0.39 is 23.6 Å². The number of fused-ring (bicyclic) bond motifs is 1. The van der Waals surface area contributed by atoms with Gasteiger partial charge in [0.25, 0.3) is 0 Å². The van der Waals surface area contributed by atoms with Crippen LogP contribution in [0.4, 0.5) is 19.2 Å². The quantitative estimate of drug-likeness (QED) is 0.295. The third kappa shape index (κ3) is 6.41. The minimum absolute atomic E-state index is 0.144. The molecule has 4 heterocycles. The van der Waals surface area contributed by atoms with Crippen molar-refractivity contribution in [2.45, 2.75) is 84.2 Å². The Bertz CT molecular complexity index is 1480. The van der Waals surface area contributed by atoms with E-state index >= 15 is 0 Å². The zero-order valence-corrected chi connectivity index (χ0v) is 25.7. The molecule has 2 fully saturated rings. The van der Waals surface area contributed by atoms with Gasteiger partial charge in [0.05, 0.1) is 25.6 Å². The molecule has 1 saturated heterocycles. The molecule has 0 bridgehead atoms. The molecule has 3 aromatic rings. The van der Waals surface area contributed by atoms with Gasteiger partial charge in [-0.05, 0) is 62.0 Å². The number of ether oxygens (including phenoxy) is 1. The molecule has 1 aromatic carbocycles. The van der Waals surface area contributed by atoms with E-state index in [4.69, 9.17) is 9.26 Å². The molecule has 238 valence electrons. The number of anilines is 1. The van der Waals surface area contributed by atoms with Crippen molar-refractivity contribution in [3.05, 3.63) is 47.1 Å². The number of piperidine rings is 1. The van der Waals surface area contributed by atoms with E-state index in [0.717, 1.165) is 45.1 Å². The highest BCUT2D eigenvalue weighted by molar-refractivity contribution is 5.79. The van der Waals surface area contributed by atoms with E-state index in [1.165, 1.54) is 22.1 Å². The summed E-state index contributed by atoms with van der Waals surface area (Å²) in [7, 11) is 0. The zero-order chi connectivity index (χ0) is 31.2. The smallest absolute Gasteiger partial charge is 0.324 e. The first-order valence-corrected chi connectivity index (χ1v) is 15.6. The molecule has 10 nitrogen and oxygen atoms in total. The molecule has 3 atom stereocenters. The Hall–Kier alpha value is -3.64. The molecule has 1 amide bonds. The fraction of sp³-hybridized carbons (Fsp3) is 0.645. The van der Waals surface area contributed by atoms with E-state index in [1.807, 2.05) is 0 Å². The summed E-state index contributed by atoms with van der Waals surface area (Å²) in [5, 5.41) is 7.97. The molecule has 2 aromatic heterocycles. The van der Waals surface area contributed by atoms with Gasteiger partial charge in [0.2, 0.25) is 11.7 Å². The van der Waals surface area contributed by atoms with Crippen LogP contribution in [0.25, 0.3) is 0 Å². The normalized spacial score (nSPS) is 22.4. The van der Waals surface area contributed by atoms with Gasteiger partial charge in [-0.25, -0.2) is 14.1 Å². The molecule has 0 radical (unpaired) electrons. The minimum Gasteiger partial charge on any atom is -0.493 e. The summed E-state index contributed by atoms with van der Waals surface area (Å²) in [6, 6.07) is 4.68. The predicted molar refractivity (Wildman–Crippen MR) is 155 cm³/mol. The lowest BCUT2D eigenvalue weighted by molar-refractivity contribution is -0.133. The largest absolute Gasteiger partial charge is 0.493 e. The number of alkyl halides is 2. The average Bonchev–Trinajstić information content (AvgIpc) is 3.36. The Labute approximate surface area is 254 Å². The standard InChI is InChI=1S/C31H40F3N7O3/c1-18(2)27-35-30(44-38-27)39-10-7-20(8-11-39)24-15-21(24)9-14-43-23-6-5-22(25(32)17-23)16-26(42)40-12-13-41-28(19(40)3)36-29(37-41)31(4,33)34/h5-6,17-21,24H,7-16H2,1-4H3/t19?,21-,24-/m1/s1. The Morgan fingerprint density at radius 3 is 2.61 bits per heavy atom. The molecular formula is C31H40F3N7O3. The molecule has 0 N–H and O–H groups in total. The first kappa shape index (κ1) is 30.4. The maximum atomic E-state index is 15.0. The number of hydrogen-bond acceptors (Lipinski definition) is 8. The van der Waals surface area contributed by atoms with Gasteiger partial charge in [0, 0.05) is 38.5 Å². The highest BCUT2D eigenvalue weighted by Gasteiger charge is 2.43. The third-order valence-electron chi connectivity index (χ3n) is 9.27. The van der Waals surface area contributed by atoms with E-state index in [0.29, 0.717) is 41.9 Å². The Morgan fingerprint density at radius 2 is 1.93 bits per heavy atom. The minimum atomic E-state index is -3.17. The van der Waals surface area contributed by atoms with Gasteiger partial charge in [-0.15, -0.1) is 5.10 Å². The molecule has 2 aliphatic heterocycles. The van der Waals surface area contributed by atoms with Gasteiger partial charge in [0.15, 0.2) is 5.82 Å². The molecular weight excluding hydrogens is 575 g/mol. The highest BCUT2D eigenvalue weighted by atomic mass is 19.3. The first-order chi connectivity index (χ1) is 21.0. The van der Waals surface area contributed by atoms with E-state index in [1.54, 1.807) is 19.1 Å². The molecule has 1 unspecified atom stereocenters. The number of carbonyl (C=O) groups is 1. The van der Waals surface area contributed by atoms with Crippen molar-refractivity contribution in [2.24, 2.45) is 17.8 Å². The van der Waals surface area contributed by atoms with Crippen LogP contribution >= 0.6 is 0 Å². The summed E-state index contributed by atoms with van der Waals surface area (Å²) in [4.78, 5) is 25.3. The van der Waals surface area contributed by atoms with Gasteiger partial charge in [0.1, 0.15) is 17.4 Å². The summed E-state index contributed by atoms with van der Waals surface area (Å²) >= 11 is 0. The topological polar surface area (TPSA) is 102 Å². The number of hydrogen-bond donors (Lipinski definition) is 0. The van der Waals surface area contributed by atoms with Gasteiger partial charge >= 0.3 is 11.9 Å². The SMILES string of the molecule is CC(C)c1noc(N2CCC([C@H]3C[C@H]3CCOc3ccc(CC(=O)N4CCn5nc(C(C)(F)F)nc5C4C)c(F)c3)CC2)n1. The zero-order valence-electron chi connectivity index (χ0n) is 25.7. The number of rotatable bonds is 10. The molecule has 13 heteroatoms. The fourth-order valence-corrected chi connectivity index (χ4v) is 6.53. The van der Waals surface area contributed by atoms with Gasteiger partial charge in [-0.2, -0.15) is 13.8 Å². The Balaban J connectivity index is 0.940. The van der Waals surface area contributed by atoms with Crippen molar-refractivity contribution >= 4 is 11.9 Å². The maximum absolute atomic E-state index is 15.0. The van der Waals surface area contributed by atoms with Crippen LogP contribution in [-0.4, -0.2) is 62.0 Å². The van der Waals surface area contributed by atoms with Crippen LogP contribution in [0.2, 0.25) is 0 Å². The highest BCUT2D eigenvalue weighted by Crippen LogP contribution is 2.50. The maximum Gasteiger partial charge on any atom is 0.324 e. The van der Waals surface area contributed by atoms with Crippen LogP contribution in [0.5, 0.6) is 5.75 Å². The molecule has 1 saturated carbocycles. The van der Waals surface area contributed by atoms with Crippen LogP contribution in [-0.2, 0) is 23.7 Å². The van der Waals surface area contributed by atoms with Crippen LogP contribution in [0.15, 0.2) is 22.7 Å². The van der Waals surface area contributed by atoms with Crippen LogP contribution in [0, 0.1) is 23.6 Å². The lowest BCUT2D eigenvalue weighted by atomic mass is 9.90. The van der Waals surface area contributed by atoms with E-state index in [-0.39, 0.29) is 36.9 Å². The van der Waals surface area contributed by atoms with Crippen molar-refractivity contribution in [3.8, 4) is 5.75 Å². The van der Waals surface area contributed by atoms with Gasteiger partial charge in [-0.1, -0.05) is 25.1 Å². The number of aromatic nitrogens is 5. The summed E-state index contributed by atoms with van der Waals surface area (Å²) in [5.74, 6) is -0.777. The summed E-state index contributed by atoms with van der Waals surface area (Å²) < 4.78 is 55.1. The van der Waals surface area contributed by atoms with Crippen molar-refractivity contribution < 1.29 is 27.2 Å². The molecule has 0 spiro atoms. The summed E-state index contributed by atoms with van der Waals surface area (Å²) in [6.07, 6.45) is 4.21. The number of amides is 1. The average molecular weight is 616 g/mol. The van der Waals surface area contributed by atoms with Crippen LogP contribution in [0.3, 0.4) is 0 Å². The number of carbonyl (C=O) groups excluding carboxylic acids is 1. The second-order valence-electron chi connectivity index (χ2n) is 12.8. The van der Waals surface area contributed by atoms with Crippen molar-refractivity contribution in [2.75, 3.05) is 31.1 Å². The van der Waals surface area contributed by atoms with Crippen molar-refractivity contribution in [3.63, 3.8) is 0 Å². The molecule has 3 aliphatic rings. The number of nitrogens with zero attached hydrogens (tertiary/aromatic N) is 7. The lowest BCUT2D eigenvalue weighted by Gasteiger charge is -2.33. The fourth-order valence-electron chi connectivity index (χ4n) is 6.53. The van der Waals surface area contributed by atoms with Crippen molar-refractivity contribution in [1.82, 2.24) is 29.8 Å². The van der Waals surface area contributed by atoms with Crippen molar-refractivity contribution in [1.29, 1.82) is 0 Å². The van der Waals surface area contributed by atoms with E-state index in [2.05, 4.69) is 39.0 Å². The third-order valence-corrected chi connectivity index (χ3v) is 9.27. The van der Waals surface area contributed by atoms with Gasteiger partial charge in [-0.3, -0.25) is 4.79 Å². The Kier molecular flexibility index (Phi) is 8.31. The molecule has 44 heavy (non-hydrogen) atoms. The molecule has 1 aliphatic carbocycles. The van der Waals surface area contributed by atoms with Gasteiger partial charge < -0.3 is 19.1 Å². The number of benzene rings is 1. The molecule has 6 rings (SSSR count). The Morgan fingerprint density at radius 1 is 1.16 bits per heavy atom. The summed E-state index contributed by atoms with van der Waals surface area (Å²) in [5.41, 5.74) is 0.261. The number of halogens is 3. The van der Waals surface area contributed by atoms with E-state index in [9.17, 15) is 18.0 Å². The lowest BCUT2D eigenvalue weighted by Crippen LogP contribution is -2.42. The second kappa shape index (κ2) is 12.0. The monoisotopic (exact) mass is 615 g/mol.